The van der Waals surface area contributed by atoms with Crippen molar-refractivity contribution in [3.05, 3.63) is 24.3 Å². The predicted octanol–water partition coefficient (Wildman–Crippen LogP) is 1.23. The zero-order valence-electron chi connectivity index (χ0n) is 6.98. The number of hydrogen-bond acceptors (Lipinski definition) is 3. The van der Waals surface area contributed by atoms with Crippen molar-refractivity contribution in [2.45, 2.75) is 5.16 Å². The number of hydrogen-bond donors (Lipinski definition) is 1. The number of fused-ring (bicyclic) bond motifs is 1. The highest BCUT2D eigenvalue weighted by Gasteiger charge is 2.07. The van der Waals surface area contributed by atoms with Gasteiger partial charge in [0.25, 0.3) is 0 Å². The molecule has 1 aromatic carbocycles. The third-order valence-electron chi connectivity index (χ3n) is 1.68. The average molecular weight is 196 g/mol. The van der Waals surface area contributed by atoms with Crippen LogP contribution < -0.4 is 0 Å². The van der Waals surface area contributed by atoms with Gasteiger partial charge in [-0.05, 0) is 12.1 Å². The van der Waals surface area contributed by atoms with E-state index in [-0.39, 0.29) is 0 Å². The molecule has 0 aliphatic rings. The predicted molar refractivity (Wildman–Crippen MR) is 49.5 cm³/mol. The zero-order chi connectivity index (χ0) is 9.26. The maximum absolute atomic E-state index is 11.2. The van der Waals surface area contributed by atoms with Crippen molar-refractivity contribution in [2.24, 2.45) is 0 Å². The van der Waals surface area contributed by atoms with E-state index in [1.165, 1.54) is 7.11 Å². The average Bonchev–Trinajstić information content (AvgIpc) is 2.59. The van der Waals surface area contributed by atoms with Crippen molar-refractivity contribution in [1.82, 2.24) is 9.97 Å². The molecule has 0 radical (unpaired) electrons. The molecule has 0 amide bonds. The van der Waals surface area contributed by atoms with Gasteiger partial charge in [0.05, 0.1) is 18.1 Å². The summed E-state index contributed by atoms with van der Waals surface area (Å²) in [5.41, 5.74) is 1.66. The van der Waals surface area contributed by atoms with Crippen LogP contribution in [0.5, 0.6) is 0 Å². The van der Waals surface area contributed by atoms with Crippen molar-refractivity contribution < 1.29 is 8.39 Å². The van der Waals surface area contributed by atoms with Crippen LogP contribution in [0.15, 0.2) is 29.4 Å². The molecule has 2 aromatic rings. The number of aromatic amines is 1. The molecule has 1 N–H and O–H groups in total. The van der Waals surface area contributed by atoms with E-state index < -0.39 is 11.1 Å². The number of benzene rings is 1. The summed E-state index contributed by atoms with van der Waals surface area (Å²) in [5.74, 6) is 0. The van der Waals surface area contributed by atoms with Gasteiger partial charge >= 0.3 is 0 Å². The van der Waals surface area contributed by atoms with Gasteiger partial charge in [-0.3, -0.25) is 4.18 Å². The first-order chi connectivity index (χ1) is 6.31. The minimum atomic E-state index is -1.49. The number of nitrogens with zero attached hydrogens (tertiary/aromatic N) is 1. The largest absolute Gasteiger partial charge is 0.329 e. The molecular weight excluding hydrogens is 188 g/mol. The molecule has 1 unspecified atom stereocenters. The number of para-hydroxylation sites is 2. The highest BCUT2D eigenvalue weighted by Crippen LogP contribution is 2.12. The molecule has 1 aromatic heterocycles. The standard InChI is InChI=1S/C8H8N2O2S/c1-12-13(11)8-9-6-4-2-3-5-7(6)10-8/h2-5H,1H3,(H,9,10). The first kappa shape index (κ1) is 8.40. The Hall–Kier alpha value is -1.20. The molecule has 68 valence electrons. The Morgan fingerprint density at radius 3 is 2.92 bits per heavy atom. The first-order valence-electron chi connectivity index (χ1n) is 3.72. The summed E-state index contributed by atoms with van der Waals surface area (Å²) in [5, 5.41) is 0.351. The molecule has 0 aliphatic carbocycles. The van der Waals surface area contributed by atoms with Crippen molar-refractivity contribution in [2.75, 3.05) is 7.11 Å². The van der Waals surface area contributed by atoms with Crippen LogP contribution in [0.25, 0.3) is 11.0 Å². The van der Waals surface area contributed by atoms with Gasteiger partial charge in [0.15, 0.2) is 0 Å². The van der Waals surface area contributed by atoms with E-state index >= 15 is 0 Å². The van der Waals surface area contributed by atoms with Crippen LogP contribution in [0.3, 0.4) is 0 Å². The van der Waals surface area contributed by atoms with E-state index in [0.717, 1.165) is 11.0 Å². The summed E-state index contributed by atoms with van der Waals surface area (Å²) in [7, 11) is 1.38. The van der Waals surface area contributed by atoms with Crippen LogP contribution in [0.4, 0.5) is 0 Å². The Kier molecular flexibility index (Phi) is 2.12. The third-order valence-corrected chi connectivity index (χ3v) is 2.49. The van der Waals surface area contributed by atoms with Gasteiger partial charge in [0.2, 0.25) is 16.2 Å². The van der Waals surface area contributed by atoms with Crippen molar-refractivity contribution in [1.29, 1.82) is 0 Å². The van der Waals surface area contributed by atoms with E-state index in [1.54, 1.807) is 0 Å². The Balaban J connectivity index is 2.56. The molecule has 4 nitrogen and oxygen atoms in total. The monoisotopic (exact) mass is 196 g/mol. The van der Waals surface area contributed by atoms with Gasteiger partial charge in [-0.2, -0.15) is 0 Å². The summed E-state index contributed by atoms with van der Waals surface area (Å²) in [4.78, 5) is 7.01. The fraction of sp³-hybridized carbons (Fsp3) is 0.125. The number of imidazole rings is 1. The Bertz CT molecular complexity index is 419. The van der Waals surface area contributed by atoms with Gasteiger partial charge in [-0.25, -0.2) is 9.19 Å². The molecule has 13 heavy (non-hydrogen) atoms. The highest BCUT2D eigenvalue weighted by molar-refractivity contribution is 7.80. The van der Waals surface area contributed by atoms with Crippen LogP contribution in [0.2, 0.25) is 0 Å². The zero-order valence-corrected chi connectivity index (χ0v) is 7.80. The van der Waals surface area contributed by atoms with Gasteiger partial charge in [0, 0.05) is 0 Å². The second-order valence-electron chi connectivity index (χ2n) is 2.46. The summed E-state index contributed by atoms with van der Waals surface area (Å²) in [6, 6.07) is 7.49. The van der Waals surface area contributed by atoms with Gasteiger partial charge in [-0.1, -0.05) is 12.1 Å². The molecule has 0 saturated carbocycles. The molecule has 0 aliphatic heterocycles. The summed E-state index contributed by atoms with van der Waals surface area (Å²) in [6.45, 7) is 0. The Morgan fingerprint density at radius 2 is 2.23 bits per heavy atom. The second-order valence-corrected chi connectivity index (χ2v) is 3.65. The molecule has 1 atom stereocenters. The normalized spacial score (nSPS) is 13.3. The lowest BCUT2D eigenvalue weighted by atomic mass is 10.3. The molecule has 0 spiro atoms. The number of aromatic nitrogens is 2. The van der Waals surface area contributed by atoms with Gasteiger partial charge in [-0.15, -0.1) is 0 Å². The molecule has 0 bridgehead atoms. The molecule has 5 heteroatoms. The number of nitrogens with one attached hydrogen (secondary N) is 1. The minimum absolute atomic E-state index is 0.351. The Morgan fingerprint density at radius 1 is 1.46 bits per heavy atom. The maximum Gasteiger partial charge on any atom is 0.226 e. The van der Waals surface area contributed by atoms with Crippen molar-refractivity contribution in [3.63, 3.8) is 0 Å². The molecule has 1 heterocycles. The SMILES string of the molecule is COS(=O)c1nc2ccccc2[nH]1. The lowest BCUT2D eigenvalue weighted by Crippen LogP contribution is -1.94. The molecule has 0 fully saturated rings. The number of rotatable bonds is 2. The van der Waals surface area contributed by atoms with Crippen molar-refractivity contribution in [3.8, 4) is 0 Å². The van der Waals surface area contributed by atoms with E-state index in [9.17, 15) is 4.21 Å². The van der Waals surface area contributed by atoms with E-state index in [1.807, 2.05) is 24.3 Å². The quantitative estimate of drug-likeness (QED) is 0.786. The van der Waals surface area contributed by atoms with Gasteiger partial charge in [0.1, 0.15) is 0 Å². The van der Waals surface area contributed by atoms with E-state index in [2.05, 4.69) is 14.2 Å². The lowest BCUT2D eigenvalue weighted by Gasteiger charge is -1.89. The van der Waals surface area contributed by atoms with Crippen LogP contribution in [0, 0.1) is 0 Å². The first-order valence-corrected chi connectivity index (χ1v) is 4.80. The fourth-order valence-electron chi connectivity index (χ4n) is 1.09. The third kappa shape index (κ3) is 1.48. The smallest absolute Gasteiger partial charge is 0.226 e. The van der Waals surface area contributed by atoms with Crippen LogP contribution in [-0.2, 0) is 15.3 Å². The Labute approximate surface area is 77.6 Å². The topological polar surface area (TPSA) is 55.0 Å². The highest BCUT2D eigenvalue weighted by atomic mass is 32.2. The molecule has 0 saturated heterocycles. The maximum atomic E-state index is 11.2. The fourth-order valence-corrected chi connectivity index (χ4v) is 1.61. The van der Waals surface area contributed by atoms with Crippen LogP contribution in [-0.4, -0.2) is 21.3 Å². The van der Waals surface area contributed by atoms with Gasteiger partial charge < -0.3 is 4.98 Å². The second kappa shape index (κ2) is 3.27. The van der Waals surface area contributed by atoms with Crippen LogP contribution in [0.1, 0.15) is 0 Å². The van der Waals surface area contributed by atoms with Crippen LogP contribution >= 0.6 is 0 Å². The van der Waals surface area contributed by atoms with E-state index in [0.29, 0.717) is 5.16 Å². The molecular formula is C8H8N2O2S. The van der Waals surface area contributed by atoms with E-state index in [4.69, 9.17) is 0 Å². The summed E-state index contributed by atoms with van der Waals surface area (Å²) >= 11 is -1.49. The summed E-state index contributed by atoms with van der Waals surface area (Å²) < 4.78 is 15.8. The number of H-pyrrole nitrogens is 1. The van der Waals surface area contributed by atoms with Crippen molar-refractivity contribution >= 4 is 22.1 Å². The molecule has 2 rings (SSSR count). The lowest BCUT2D eigenvalue weighted by molar-refractivity contribution is 0.441. The minimum Gasteiger partial charge on any atom is -0.329 e. The summed E-state index contributed by atoms with van der Waals surface area (Å²) in [6.07, 6.45) is 0.